The van der Waals surface area contributed by atoms with Gasteiger partial charge < -0.3 is 0 Å². The molecule has 0 amide bonds. The van der Waals surface area contributed by atoms with Gasteiger partial charge in [0.25, 0.3) is 0 Å². The quantitative estimate of drug-likeness (QED) is 0.530. The Labute approximate surface area is 119 Å². The molecular weight excluding hydrogens is 283 g/mol. The molecule has 0 bridgehead atoms. The molecule has 0 N–H and O–H groups in total. The number of rotatable bonds is 2. The van der Waals surface area contributed by atoms with Crippen LogP contribution in [0, 0.1) is 0 Å². The highest BCUT2D eigenvalue weighted by Gasteiger charge is 2.13. The van der Waals surface area contributed by atoms with Crippen LogP contribution in [0.4, 0.5) is 0 Å². The molecule has 0 spiro atoms. The van der Waals surface area contributed by atoms with E-state index in [1.807, 2.05) is 0 Å². The number of imidazole rings is 1. The zero-order chi connectivity index (χ0) is 13.4. The zero-order valence-corrected chi connectivity index (χ0v) is 11.2. The molecule has 94 valence electrons. The zero-order valence-electron chi connectivity index (χ0n) is 9.68. The SMILES string of the molecule is O=C(c1ccc(Cl)cc1)c1cn2c(Cl)cccc2n1. The lowest BCUT2D eigenvalue weighted by molar-refractivity contribution is 0.103. The van der Waals surface area contributed by atoms with Gasteiger partial charge in [0.05, 0.1) is 0 Å². The molecule has 19 heavy (non-hydrogen) atoms. The van der Waals surface area contributed by atoms with Crippen LogP contribution in [0.25, 0.3) is 5.65 Å². The highest BCUT2D eigenvalue weighted by molar-refractivity contribution is 6.30. The number of ketones is 1. The van der Waals surface area contributed by atoms with Crippen molar-refractivity contribution in [2.75, 3.05) is 0 Å². The Hall–Kier alpha value is -1.84. The Morgan fingerprint density at radius 1 is 1.05 bits per heavy atom. The fourth-order valence-corrected chi connectivity index (χ4v) is 2.17. The van der Waals surface area contributed by atoms with Crippen LogP contribution >= 0.6 is 23.2 Å². The lowest BCUT2D eigenvalue weighted by atomic mass is 10.1. The van der Waals surface area contributed by atoms with E-state index in [1.165, 1.54) is 0 Å². The van der Waals surface area contributed by atoms with Crippen molar-refractivity contribution >= 4 is 34.6 Å². The van der Waals surface area contributed by atoms with Gasteiger partial charge in [0.15, 0.2) is 0 Å². The number of carbonyl (C=O) groups is 1. The molecule has 0 saturated carbocycles. The van der Waals surface area contributed by atoms with Gasteiger partial charge in [-0.2, -0.15) is 0 Å². The van der Waals surface area contributed by atoms with Crippen molar-refractivity contribution in [3.8, 4) is 0 Å². The van der Waals surface area contributed by atoms with Crippen molar-refractivity contribution in [2.45, 2.75) is 0 Å². The first-order chi connectivity index (χ1) is 9.15. The van der Waals surface area contributed by atoms with Gasteiger partial charge in [0.1, 0.15) is 16.5 Å². The molecule has 0 aliphatic heterocycles. The summed E-state index contributed by atoms with van der Waals surface area (Å²) < 4.78 is 1.67. The van der Waals surface area contributed by atoms with Gasteiger partial charge in [0.2, 0.25) is 5.78 Å². The Morgan fingerprint density at radius 3 is 2.47 bits per heavy atom. The molecule has 0 radical (unpaired) electrons. The summed E-state index contributed by atoms with van der Waals surface area (Å²) in [5.41, 5.74) is 1.55. The maximum atomic E-state index is 12.3. The van der Waals surface area contributed by atoms with Crippen molar-refractivity contribution in [3.63, 3.8) is 0 Å². The van der Waals surface area contributed by atoms with E-state index in [1.54, 1.807) is 53.1 Å². The van der Waals surface area contributed by atoms with Crippen LogP contribution in [0.5, 0.6) is 0 Å². The number of aromatic nitrogens is 2. The maximum absolute atomic E-state index is 12.3. The van der Waals surface area contributed by atoms with Crippen molar-refractivity contribution in [2.24, 2.45) is 0 Å². The first-order valence-corrected chi connectivity index (χ1v) is 6.34. The van der Waals surface area contributed by atoms with Crippen LogP contribution in [-0.2, 0) is 0 Å². The van der Waals surface area contributed by atoms with Crippen molar-refractivity contribution in [3.05, 3.63) is 70.1 Å². The second-order valence-corrected chi connectivity index (χ2v) is 4.86. The van der Waals surface area contributed by atoms with E-state index in [-0.39, 0.29) is 5.78 Å². The highest BCUT2D eigenvalue weighted by Crippen LogP contribution is 2.17. The van der Waals surface area contributed by atoms with Gasteiger partial charge in [-0.15, -0.1) is 0 Å². The Kier molecular flexibility index (Phi) is 3.01. The molecule has 5 heteroatoms. The summed E-state index contributed by atoms with van der Waals surface area (Å²) in [6.07, 6.45) is 1.63. The minimum atomic E-state index is -0.156. The molecule has 0 atom stereocenters. The van der Waals surface area contributed by atoms with Gasteiger partial charge in [-0.3, -0.25) is 9.20 Å². The smallest absolute Gasteiger partial charge is 0.212 e. The van der Waals surface area contributed by atoms with E-state index in [0.29, 0.717) is 27.1 Å². The fourth-order valence-electron chi connectivity index (χ4n) is 1.84. The number of pyridine rings is 1. The summed E-state index contributed by atoms with van der Waals surface area (Å²) in [5, 5.41) is 1.11. The molecule has 0 aliphatic carbocycles. The van der Waals surface area contributed by atoms with Crippen molar-refractivity contribution in [1.82, 2.24) is 9.38 Å². The third-order valence-corrected chi connectivity index (χ3v) is 3.34. The van der Waals surface area contributed by atoms with Crippen molar-refractivity contribution in [1.29, 1.82) is 0 Å². The third-order valence-electron chi connectivity index (χ3n) is 2.78. The molecule has 0 unspecified atom stereocenters. The standard InChI is InChI=1S/C14H8Cl2N2O/c15-10-6-4-9(5-7-10)14(19)11-8-18-12(16)2-1-3-13(18)17-11/h1-8H. The lowest BCUT2D eigenvalue weighted by Gasteiger charge is -1.96. The minimum absolute atomic E-state index is 0.156. The van der Waals surface area contributed by atoms with E-state index in [4.69, 9.17) is 23.2 Å². The fraction of sp³-hybridized carbons (Fsp3) is 0. The monoisotopic (exact) mass is 290 g/mol. The summed E-state index contributed by atoms with van der Waals surface area (Å²) in [6, 6.07) is 12.0. The number of halogens is 2. The summed E-state index contributed by atoms with van der Waals surface area (Å²) in [6.45, 7) is 0. The molecular formula is C14H8Cl2N2O. The third kappa shape index (κ3) is 2.23. The first kappa shape index (κ1) is 12.2. The highest BCUT2D eigenvalue weighted by atomic mass is 35.5. The first-order valence-electron chi connectivity index (χ1n) is 5.59. The van der Waals surface area contributed by atoms with Gasteiger partial charge >= 0.3 is 0 Å². The number of hydrogen-bond acceptors (Lipinski definition) is 2. The molecule has 0 fully saturated rings. The summed E-state index contributed by atoms with van der Waals surface area (Å²) in [5.74, 6) is -0.156. The van der Waals surface area contributed by atoms with Crippen LogP contribution in [0.1, 0.15) is 16.1 Å². The van der Waals surface area contributed by atoms with Crippen molar-refractivity contribution < 1.29 is 4.79 Å². The van der Waals surface area contributed by atoms with Crippen LogP contribution in [0.2, 0.25) is 10.2 Å². The normalized spacial score (nSPS) is 10.8. The number of fused-ring (bicyclic) bond motifs is 1. The van der Waals surface area contributed by atoms with E-state index >= 15 is 0 Å². The molecule has 2 heterocycles. The Morgan fingerprint density at radius 2 is 1.79 bits per heavy atom. The topological polar surface area (TPSA) is 34.4 Å². The van der Waals surface area contributed by atoms with E-state index in [2.05, 4.69) is 4.98 Å². The van der Waals surface area contributed by atoms with Gasteiger partial charge in [-0.25, -0.2) is 4.98 Å². The lowest BCUT2D eigenvalue weighted by Crippen LogP contribution is -2.01. The van der Waals surface area contributed by atoms with Crippen LogP contribution < -0.4 is 0 Å². The predicted molar refractivity (Wildman–Crippen MR) is 75.1 cm³/mol. The average Bonchev–Trinajstić information content (AvgIpc) is 2.84. The summed E-state index contributed by atoms with van der Waals surface area (Å²) in [7, 11) is 0. The number of nitrogens with zero attached hydrogens (tertiary/aromatic N) is 2. The predicted octanol–water partition coefficient (Wildman–Crippen LogP) is 3.87. The minimum Gasteiger partial charge on any atom is -0.289 e. The van der Waals surface area contributed by atoms with Crippen LogP contribution in [0.15, 0.2) is 48.7 Å². The molecule has 0 aliphatic rings. The summed E-state index contributed by atoms with van der Waals surface area (Å²) in [4.78, 5) is 16.5. The maximum Gasteiger partial charge on any atom is 0.212 e. The molecule has 0 saturated heterocycles. The molecule has 1 aromatic carbocycles. The van der Waals surface area contributed by atoms with Gasteiger partial charge in [-0.1, -0.05) is 29.3 Å². The van der Waals surface area contributed by atoms with Crippen LogP contribution in [0.3, 0.4) is 0 Å². The van der Waals surface area contributed by atoms with E-state index in [9.17, 15) is 4.79 Å². The molecule has 3 aromatic rings. The van der Waals surface area contributed by atoms with E-state index in [0.717, 1.165) is 0 Å². The Balaban J connectivity index is 2.06. The molecule has 2 aromatic heterocycles. The number of carbonyl (C=O) groups excluding carboxylic acids is 1. The van der Waals surface area contributed by atoms with E-state index < -0.39 is 0 Å². The second-order valence-electron chi connectivity index (χ2n) is 4.04. The van der Waals surface area contributed by atoms with Gasteiger partial charge in [-0.05, 0) is 36.4 Å². The Bertz CT molecular complexity index is 763. The second kappa shape index (κ2) is 4.68. The molecule has 3 rings (SSSR count). The number of hydrogen-bond donors (Lipinski definition) is 0. The van der Waals surface area contributed by atoms with Gasteiger partial charge in [0, 0.05) is 16.8 Å². The summed E-state index contributed by atoms with van der Waals surface area (Å²) >= 11 is 11.8. The number of benzene rings is 1. The average molecular weight is 291 g/mol. The largest absolute Gasteiger partial charge is 0.289 e. The van der Waals surface area contributed by atoms with Crippen LogP contribution in [-0.4, -0.2) is 15.2 Å². The molecule has 3 nitrogen and oxygen atoms in total.